The van der Waals surface area contributed by atoms with Gasteiger partial charge in [-0.2, -0.15) is 0 Å². The molecule has 0 aliphatic carbocycles. The number of hydrogen-bond donors (Lipinski definition) is 0. The summed E-state index contributed by atoms with van der Waals surface area (Å²) in [4.78, 5) is 0. The molecular weight excluding hydrogens is 574 g/mol. The average molecular weight is 612 g/mol. The van der Waals surface area contributed by atoms with Crippen LogP contribution in [0, 0.1) is 13.8 Å². The van der Waals surface area contributed by atoms with Crippen LogP contribution < -0.4 is 32.8 Å². The Kier molecular flexibility index (Phi) is 9.34. The summed E-state index contributed by atoms with van der Waals surface area (Å²) >= 11 is 0. The van der Waals surface area contributed by atoms with Crippen LogP contribution in [0.3, 0.4) is 0 Å². The second kappa shape index (κ2) is 14.4. The Morgan fingerprint density at radius 2 is 0.542 bits per heavy atom. The number of benzene rings is 8. The standard InChI is InChI=1S/C34H26B2.2C6H6/c1-23-19-21-25-11-3-5-13-27(25)33(23)35-29-15-7-9-17-31(29)36(32-18-10-8-16-30(32)35)34-24(2)20-22-26-12-4-6-14-28(26)34;2*1-2-4-6-5-3-1/h3-22H,1-2H3;2*1-6H. The van der Waals surface area contributed by atoms with Crippen LogP contribution in [0.5, 0.6) is 0 Å². The van der Waals surface area contributed by atoms with Crippen LogP contribution in [0.15, 0.2) is 194 Å². The molecule has 0 N–H and O–H groups in total. The van der Waals surface area contributed by atoms with Gasteiger partial charge in [-0.05, 0) is 35.4 Å². The predicted octanol–water partition coefficient (Wildman–Crippen LogP) is 7.33. The first kappa shape index (κ1) is 31.0. The zero-order valence-corrected chi connectivity index (χ0v) is 27.6. The molecule has 1 aliphatic rings. The van der Waals surface area contributed by atoms with Crippen LogP contribution in [-0.2, 0) is 0 Å². The molecule has 0 atom stereocenters. The summed E-state index contributed by atoms with van der Waals surface area (Å²) in [6, 6.07) is 69.1. The fraction of sp³-hybridized carbons (Fsp3) is 0.0435. The van der Waals surface area contributed by atoms with Gasteiger partial charge in [0, 0.05) is 0 Å². The van der Waals surface area contributed by atoms with Crippen molar-refractivity contribution in [2.45, 2.75) is 13.8 Å². The molecule has 0 amide bonds. The fourth-order valence-corrected chi connectivity index (χ4v) is 7.38. The summed E-state index contributed by atoms with van der Waals surface area (Å²) in [7, 11) is 0. The minimum Gasteiger partial charge on any atom is -0.0733 e. The van der Waals surface area contributed by atoms with Crippen LogP contribution in [-0.4, -0.2) is 13.4 Å². The fourth-order valence-electron chi connectivity index (χ4n) is 7.38. The minimum absolute atomic E-state index is 0.204. The van der Waals surface area contributed by atoms with E-state index in [-0.39, 0.29) is 13.4 Å². The van der Waals surface area contributed by atoms with E-state index < -0.39 is 0 Å². The first-order valence-corrected chi connectivity index (χ1v) is 16.9. The summed E-state index contributed by atoms with van der Waals surface area (Å²) in [6.07, 6.45) is 0. The average Bonchev–Trinajstić information content (AvgIpc) is 3.16. The maximum absolute atomic E-state index is 2.37. The van der Waals surface area contributed by atoms with Gasteiger partial charge >= 0.3 is 0 Å². The maximum Gasteiger partial charge on any atom is 0.241 e. The zero-order valence-electron chi connectivity index (χ0n) is 27.6. The summed E-state index contributed by atoms with van der Waals surface area (Å²) in [6.45, 7) is 4.95. The van der Waals surface area contributed by atoms with Crippen LogP contribution in [0.1, 0.15) is 11.1 Å². The molecule has 0 aromatic heterocycles. The molecule has 228 valence electrons. The van der Waals surface area contributed by atoms with Gasteiger partial charge in [-0.15, -0.1) is 0 Å². The van der Waals surface area contributed by atoms with Gasteiger partial charge < -0.3 is 0 Å². The Hall–Kier alpha value is -5.59. The van der Waals surface area contributed by atoms with Gasteiger partial charge in [-0.3, -0.25) is 0 Å². The third kappa shape index (κ3) is 6.23. The van der Waals surface area contributed by atoms with Gasteiger partial charge in [0.15, 0.2) is 0 Å². The SMILES string of the molecule is Cc1ccc2ccccc2c1B1c2ccccc2B(c2c(C)ccc3ccccc23)c2ccccc21.c1ccccc1.c1ccccc1. The van der Waals surface area contributed by atoms with E-state index >= 15 is 0 Å². The van der Waals surface area contributed by atoms with Gasteiger partial charge in [0.1, 0.15) is 0 Å². The topological polar surface area (TPSA) is 0 Å². The van der Waals surface area contributed by atoms with Crippen molar-refractivity contribution in [2.24, 2.45) is 0 Å². The van der Waals surface area contributed by atoms with Crippen molar-refractivity contribution in [3.8, 4) is 0 Å². The smallest absolute Gasteiger partial charge is 0.0733 e. The van der Waals surface area contributed by atoms with E-state index in [9.17, 15) is 0 Å². The molecule has 0 fully saturated rings. The highest BCUT2D eigenvalue weighted by Crippen LogP contribution is 2.18. The van der Waals surface area contributed by atoms with Crippen molar-refractivity contribution in [1.29, 1.82) is 0 Å². The van der Waals surface area contributed by atoms with E-state index in [2.05, 4.69) is 135 Å². The largest absolute Gasteiger partial charge is 0.241 e. The van der Waals surface area contributed by atoms with Crippen molar-refractivity contribution < 1.29 is 0 Å². The van der Waals surface area contributed by atoms with Crippen LogP contribution in [0.4, 0.5) is 0 Å². The second-order valence-electron chi connectivity index (χ2n) is 12.5. The molecule has 48 heavy (non-hydrogen) atoms. The van der Waals surface area contributed by atoms with Crippen molar-refractivity contribution in [2.75, 3.05) is 0 Å². The van der Waals surface area contributed by atoms with E-state index in [0.717, 1.165) is 0 Å². The molecule has 1 aliphatic heterocycles. The molecule has 0 radical (unpaired) electrons. The van der Waals surface area contributed by atoms with Gasteiger partial charge in [0.25, 0.3) is 0 Å². The highest BCUT2D eigenvalue weighted by molar-refractivity contribution is 7.12. The lowest BCUT2D eigenvalue weighted by molar-refractivity contribution is 1.53. The third-order valence-corrected chi connectivity index (χ3v) is 9.52. The first-order chi connectivity index (χ1) is 23.7. The zero-order chi connectivity index (χ0) is 32.7. The third-order valence-electron chi connectivity index (χ3n) is 9.52. The second-order valence-corrected chi connectivity index (χ2v) is 12.5. The molecule has 9 rings (SSSR count). The molecule has 2 heteroatoms. The van der Waals surface area contributed by atoms with Gasteiger partial charge in [0.05, 0.1) is 0 Å². The molecule has 0 saturated heterocycles. The van der Waals surface area contributed by atoms with Crippen molar-refractivity contribution >= 4 is 67.7 Å². The normalized spacial score (nSPS) is 11.5. The number of hydrogen-bond acceptors (Lipinski definition) is 0. The first-order valence-electron chi connectivity index (χ1n) is 16.9. The molecular formula is C46H38B2. The summed E-state index contributed by atoms with van der Waals surface area (Å²) in [5, 5.41) is 5.32. The lowest BCUT2D eigenvalue weighted by Gasteiger charge is -2.34. The number of aryl methyl sites for hydroxylation is 2. The van der Waals surface area contributed by atoms with Crippen LogP contribution in [0.2, 0.25) is 0 Å². The Bertz CT molecular complexity index is 2010. The van der Waals surface area contributed by atoms with Crippen molar-refractivity contribution in [3.63, 3.8) is 0 Å². The lowest BCUT2D eigenvalue weighted by atomic mass is 9.20. The number of fused-ring (bicyclic) bond motifs is 4. The molecule has 0 unspecified atom stereocenters. The summed E-state index contributed by atoms with van der Waals surface area (Å²) in [5.74, 6) is 0. The van der Waals surface area contributed by atoms with Crippen molar-refractivity contribution in [1.82, 2.24) is 0 Å². The molecule has 1 heterocycles. The highest BCUT2D eigenvalue weighted by Gasteiger charge is 2.40. The van der Waals surface area contributed by atoms with E-state index in [4.69, 9.17) is 0 Å². The molecule has 8 aromatic rings. The van der Waals surface area contributed by atoms with E-state index in [0.29, 0.717) is 0 Å². The van der Waals surface area contributed by atoms with Crippen LogP contribution >= 0.6 is 0 Å². The Morgan fingerprint density at radius 3 is 0.854 bits per heavy atom. The van der Waals surface area contributed by atoms with Gasteiger partial charge in [0.2, 0.25) is 13.4 Å². The minimum atomic E-state index is 0.204. The van der Waals surface area contributed by atoms with Gasteiger partial charge in [-0.25, -0.2) is 0 Å². The number of rotatable bonds is 2. The molecule has 0 saturated carbocycles. The molecule has 8 aromatic carbocycles. The monoisotopic (exact) mass is 612 g/mol. The molecule has 0 bridgehead atoms. The van der Waals surface area contributed by atoms with E-state index in [1.54, 1.807) is 0 Å². The molecule has 0 spiro atoms. The Labute approximate surface area is 285 Å². The quantitative estimate of drug-likeness (QED) is 0.180. The highest BCUT2D eigenvalue weighted by atomic mass is 14.2. The molecule has 0 nitrogen and oxygen atoms in total. The summed E-state index contributed by atoms with van der Waals surface area (Å²) in [5.41, 5.74) is 11.3. The lowest BCUT2D eigenvalue weighted by Crippen LogP contribution is -2.75. The Balaban J connectivity index is 0.000000256. The van der Waals surface area contributed by atoms with Crippen LogP contribution in [0.25, 0.3) is 21.5 Å². The van der Waals surface area contributed by atoms with E-state index in [1.165, 1.54) is 65.4 Å². The predicted molar refractivity (Wildman–Crippen MR) is 212 cm³/mol. The van der Waals surface area contributed by atoms with Crippen molar-refractivity contribution in [3.05, 3.63) is 205 Å². The summed E-state index contributed by atoms with van der Waals surface area (Å²) < 4.78 is 0. The Morgan fingerprint density at radius 1 is 0.271 bits per heavy atom. The van der Waals surface area contributed by atoms with Gasteiger partial charge in [-0.1, -0.05) is 238 Å². The van der Waals surface area contributed by atoms with E-state index in [1.807, 2.05) is 72.8 Å². The maximum atomic E-state index is 2.37.